The van der Waals surface area contributed by atoms with Crippen LogP contribution in [-0.4, -0.2) is 30.5 Å². The summed E-state index contributed by atoms with van der Waals surface area (Å²) in [6.07, 6.45) is 4.79. The molecule has 6 heteroatoms. The molecule has 0 radical (unpaired) electrons. The van der Waals surface area contributed by atoms with Crippen LogP contribution in [-0.2, 0) is 9.84 Å². The molecule has 0 fully saturated rings. The summed E-state index contributed by atoms with van der Waals surface area (Å²) < 4.78 is 23.6. The van der Waals surface area contributed by atoms with Crippen LogP contribution in [0.3, 0.4) is 0 Å². The van der Waals surface area contributed by atoms with Crippen LogP contribution in [0.25, 0.3) is 0 Å². The van der Waals surface area contributed by atoms with E-state index in [4.69, 9.17) is 0 Å². The molecule has 104 valence electrons. The van der Waals surface area contributed by atoms with Crippen molar-refractivity contribution in [1.29, 1.82) is 0 Å². The quantitative estimate of drug-likeness (QED) is 0.876. The van der Waals surface area contributed by atoms with Gasteiger partial charge in [0.25, 0.3) is 0 Å². The van der Waals surface area contributed by atoms with Gasteiger partial charge in [-0.15, -0.1) is 0 Å². The zero-order valence-electron chi connectivity index (χ0n) is 10.9. The summed E-state index contributed by atoms with van der Waals surface area (Å²) in [4.78, 5) is 8.15. The molecule has 0 aliphatic rings. The van der Waals surface area contributed by atoms with E-state index in [2.05, 4.69) is 9.98 Å². The van der Waals surface area contributed by atoms with Crippen molar-refractivity contribution in [2.45, 2.75) is 11.8 Å². The summed E-state index contributed by atoms with van der Waals surface area (Å²) in [5.74, 6) is -0.0592. The van der Waals surface area contributed by atoms with Crippen LogP contribution >= 0.6 is 0 Å². The minimum Gasteiger partial charge on any atom is -0.506 e. The van der Waals surface area contributed by atoms with E-state index in [1.54, 1.807) is 37.7 Å². The molecule has 0 atom stereocenters. The summed E-state index contributed by atoms with van der Waals surface area (Å²) in [5, 5.41) is 9.73. The molecule has 1 aromatic carbocycles. The Balaban J connectivity index is 2.37. The minimum absolute atomic E-state index is 0.00524. The Kier molecular flexibility index (Phi) is 4.14. The van der Waals surface area contributed by atoms with Crippen LogP contribution in [0.1, 0.15) is 12.5 Å². The molecule has 1 heterocycles. The highest BCUT2D eigenvalue weighted by atomic mass is 32.2. The van der Waals surface area contributed by atoms with Crippen LogP contribution in [0.15, 0.2) is 52.6 Å². The van der Waals surface area contributed by atoms with Gasteiger partial charge < -0.3 is 5.11 Å². The lowest BCUT2D eigenvalue weighted by atomic mass is 10.3. The van der Waals surface area contributed by atoms with Gasteiger partial charge in [-0.1, -0.05) is 6.92 Å². The molecule has 0 aliphatic carbocycles. The predicted octanol–water partition coefficient (Wildman–Crippen LogP) is 2.33. The van der Waals surface area contributed by atoms with Gasteiger partial charge in [-0.3, -0.25) is 9.98 Å². The first-order chi connectivity index (χ1) is 9.53. The molecular formula is C14H14N2O3S. The number of rotatable bonds is 4. The lowest BCUT2D eigenvalue weighted by Crippen LogP contribution is -2.03. The number of sulfone groups is 1. The summed E-state index contributed by atoms with van der Waals surface area (Å²) >= 11 is 0. The summed E-state index contributed by atoms with van der Waals surface area (Å²) in [7, 11) is -3.32. The third-order valence-corrected chi connectivity index (χ3v) is 4.48. The van der Waals surface area contributed by atoms with Gasteiger partial charge in [0.15, 0.2) is 9.84 Å². The summed E-state index contributed by atoms with van der Waals surface area (Å²) in [6.45, 7) is 1.57. The van der Waals surface area contributed by atoms with Crippen molar-refractivity contribution in [3.05, 3.63) is 48.3 Å². The van der Waals surface area contributed by atoms with Crippen molar-refractivity contribution in [3.63, 3.8) is 0 Å². The topological polar surface area (TPSA) is 79.6 Å². The fourth-order valence-electron chi connectivity index (χ4n) is 1.56. The maximum Gasteiger partial charge on any atom is 0.178 e. The lowest BCUT2D eigenvalue weighted by Gasteiger charge is -2.04. The summed E-state index contributed by atoms with van der Waals surface area (Å²) in [6, 6.07) is 7.59. The third kappa shape index (κ3) is 3.21. The van der Waals surface area contributed by atoms with E-state index in [0.717, 1.165) is 5.56 Å². The van der Waals surface area contributed by atoms with E-state index in [0.29, 0.717) is 0 Å². The molecule has 5 nitrogen and oxygen atoms in total. The Morgan fingerprint density at radius 1 is 1.25 bits per heavy atom. The fourth-order valence-corrected chi connectivity index (χ4v) is 2.46. The van der Waals surface area contributed by atoms with Crippen LogP contribution in [0, 0.1) is 0 Å². The number of nitrogens with zero attached hydrogens (tertiary/aromatic N) is 2. The highest BCUT2D eigenvalue weighted by molar-refractivity contribution is 7.91. The Bertz CT molecular complexity index is 725. The molecule has 2 rings (SSSR count). The number of hydrogen-bond acceptors (Lipinski definition) is 5. The number of pyridine rings is 1. The monoisotopic (exact) mass is 290 g/mol. The zero-order valence-corrected chi connectivity index (χ0v) is 11.7. The van der Waals surface area contributed by atoms with Crippen molar-refractivity contribution in [1.82, 2.24) is 4.98 Å². The number of aliphatic imine (C=N–C) groups is 1. The van der Waals surface area contributed by atoms with Gasteiger partial charge in [0.2, 0.25) is 0 Å². The maximum atomic E-state index is 11.8. The number of phenolic OH excluding ortho intramolecular Hbond substituents is 1. The number of phenols is 1. The Hall–Kier alpha value is -2.21. The Morgan fingerprint density at radius 2 is 1.95 bits per heavy atom. The average molecular weight is 290 g/mol. The molecule has 0 amide bonds. The fraction of sp³-hybridized carbons (Fsp3) is 0.143. The minimum atomic E-state index is -3.32. The van der Waals surface area contributed by atoms with Gasteiger partial charge in [0.05, 0.1) is 10.6 Å². The molecule has 1 N–H and O–H groups in total. The van der Waals surface area contributed by atoms with Gasteiger partial charge in [-0.2, -0.15) is 0 Å². The first-order valence-corrected chi connectivity index (χ1v) is 7.68. The predicted molar refractivity (Wildman–Crippen MR) is 77.3 cm³/mol. The van der Waals surface area contributed by atoms with E-state index in [-0.39, 0.29) is 22.1 Å². The zero-order chi connectivity index (χ0) is 14.6. The molecule has 0 aliphatic heterocycles. The second-order valence-electron chi connectivity index (χ2n) is 4.09. The van der Waals surface area contributed by atoms with Gasteiger partial charge in [-0.05, 0) is 35.9 Å². The standard InChI is InChI=1S/C14H14N2O3S/c1-2-20(18,19)12-3-4-14(17)13(9-12)16-10-11-5-7-15-8-6-11/h3-10,17H,2H2,1H3. The maximum absolute atomic E-state index is 11.8. The van der Waals surface area contributed by atoms with Crippen molar-refractivity contribution >= 4 is 21.7 Å². The molecule has 1 aromatic heterocycles. The largest absolute Gasteiger partial charge is 0.506 e. The number of aromatic hydroxyl groups is 1. The molecule has 0 unspecified atom stereocenters. The van der Waals surface area contributed by atoms with Gasteiger partial charge >= 0.3 is 0 Å². The molecule has 0 bridgehead atoms. The van der Waals surface area contributed by atoms with E-state index < -0.39 is 9.84 Å². The SMILES string of the molecule is CCS(=O)(=O)c1ccc(O)c(N=Cc2ccncc2)c1. The lowest BCUT2D eigenvalue weighted by molar-refractivity contribution is 0.476. The van der Waals surface area contributed by atoms with Gasteiger partial charge in [-0.25, -0.2) is 8.42 Å². The highest BCUT2D eigenvalue weighted by Crippen LogP contribution is 2.29. The van der Waals surface area contributed by atoms with E-state index in [1.807, 2.05) is 0 Å². The number of aromatic nitrogens is 1. The second kappa shape index (κ2) is 5.83. The van der Waals surface area contributed by atoms with Crippen LogP contribution < -0.4 is 0 Å². The molecule has 0 spiro atoms. The Morgan fingerprint density at radius 3 is 2.60 bits per heavy atom. The normalized spacial score (nSPS) is 11.8. The second-order valence-corrected chi connectivity index (χ2v) is 6.37. The summed E-state index contributed by atoms with van der Waals surface area (Å²) in [5.41, 5.74) is 1.03. The molecule has 0 saturated heterocycles. The molecule has 2 aromatic rings. The third-order valence-electron chi connectivity index (χ3n) is 2.74. The first-order valence-electron chi connectivity index (χ1n) is 6.03. The highest BCUT2D eigenvalue weighted by Gasteiger charge is 2.13. The molecule has 0 saturated carbocycles. The van der Waals surface area contributed by atoms with E-state index in [9.17, 15) is 13.5 Å². The van der Waals surface area contributed by atoms with E-state index in [1.165, 1.54) is 18.2 Å². The van der Waals surface area contributed by atoms with Crippen molar-refractivity contribution in [2.75, 3.05) is 5.75 Å². The molecule has 20 heavy (non-hydrogen) atoms. The van der Waals surface area contributed by atoms with E-state index >= 15 is 0 Å². The van der Waals surface area contributed by atoms with Gasteiger partial charge in [0, 0.05) is 18.6 Å². The Labute approximate surface area is 117 Å². The van der Waals surface area contributed by atoms with Crippen LogP contribution in [0.2, 0.25) is 0 Å². The molecular weight excluding hydrogens is 276 g/mol. The van der Waals surface area contributed by atoms with Crippen molar-refractivity contribution in [3.8, 4) is 5.75 Å². The number of hydrogen-bond donors (Lipinski definition) is 1. The smallest absolute Gasteiger partial charge is 0.178 e. The van der Waals surface area contributed by atoms with Crippen molar-refractivity contribution < 1.29 is 13.5 Å². The van der Waals surface area contributed by atoms with Crippen molar-refractivity contribution in [2.24, 2.45) is 4.99 Å². The van der Waals surface area contributed by atoms with Crippen LogP contribution in [0.4, 0.5) is 5.69 Å². The number of benzene rings is 1. The van der Waals surface area contributed by atoms with Gasteiger partial charge in [0.1, 0.15) is 11.4 Å². The average Bonchev–Trinajstić information content (AvgIpc) is 2.47. The first kappa shape index (κ1) is 14.2. The van der Waals surface area contributed by atoms with Crippen LogP contribution in [0.5, 0.6) is 5.75 Å².